The first kappa shape index (κ1) is 19.6. The van der Waals surface area contributed by atoms with E-state index in [9.17, 15) is 9.59 Å². The summed E-state index contributed by atoms with van der Waals surface area (Å²) in [6, 6.07) is 14.8. The largest absolute Gasteiger partial charge is 0.412 e. The van der Waals surface area contributed by atoms with E-state index < -0.39 is 6.09 Å². The molecule has 3 aliphatic rings. The van der Waals surface area contributed by atoms with Crippen molar-refractivity contribution in [3.05, 3.63) is 59.8 Å². The number of nitrogens with one attached hydrogen (secondary N) is 2. The van der Waals surface area contributed by atoms with Crippen molar-refractivity contribution in [2.24, 2.45) is 5.92 Å². The Morgan fingerprint density at radius 3 is 2.74 bits per heavy atom. The molecular weight excluding hydrogens is 394 g/mol. The lowest BCUT2D eigenvalue weighted by Crippen LogP contribution is -2.39. The summed E-state index contributed by atoms with van der Waals surface area (Å²) in [4.78, 5) is 29.7. The summed E-state index contributed by atoms with van der Waals surface area (Å²) >= 11 is 0. The van der Waals surface area contributed by atoms with Crippen molar-refractivity contribution < 1.29 is 14.3 Å². The van der Waals surface area contributed by atoms with E-state index >= 15 is 0 Å². The molecular formula is C23H25N5O3. The van der Waals surface area contributed by atoms with Crippen molar-refractivity contribution in [2.45, 2.75) is 19.4 Å². The molecule has 4 heterocycles. The minimum Gasteiger partial charge on any atom is -0.410 e. The van der Waals surface area contributed by atoms with Crippen LogP contribution in [0.15, 0.2) is 48.5 Å². The highest BCUT2D eigenvalue weighted by atomic mass is 16.6. The molecule has 3 aliphatic heterocycles. The monoisotopic (exact) mass is 419 g/mol. The van der Waals surface area contributed by atoms with Crippen LogP contribution in [-0.4, -0.2) is 58.3 Å². The Morgan fingerprint density at radius 1 is 1.13 bits per heavy atom. The van der Waals surface area contributed by atoms with Crippen LogP contribution in [0.5, 0.6) is 5.75 Å². The van der Waals surface area contributed by atoms with Crippen LogP contribution in [0.1, 0.15) is 28.9 Å². The van der Waals surface area contributed by atoms with Crippen LogP contribution in [0.4, 0.5) is 4.79 Å². The van der Waals surface area contributed by atoms with Gasteiger partial charge in [0.1, 0.15) is 5.75 Å². The van der Waals surface area contributed by atoms with E-state index in [1.807, 2.05) is 35.2 Å². The van der Waals surface area contributed by atoms with Crippen LogP contribution >= 0.6 is 0 Å². The molecule has 3 saturated heterocycles. The molecule has 0 saturated carbocycles. The number of rotatable bonds is 4. The van der Waals surface area contributed by atoms with E-state index in [0.717, 1.165) is 43.6 Å². The molecule has 0 radical (unpaired) electrons. The molecule has 2 N–H and O–H groups in total. The van der Waals surface area contributed by atoms with Crippen molar-refractivity contribution in [2.75, 3.05) is 26.3 Å². The van der Waals surface area contributed by atoms with Gasteiger partial charge < -0.3 is 15.0 Å². The van der Waals surface area contributed by atoms with Gasteiger partial charge in [0.2, 0.25) is 0 Å². The summed E-state index contributed by atoms with van der Waals surface area (Å²) in [5.41, 5.74) is 2.09. The van der Waals surface area contributed by atoms with Gasteiger partial charge in [-0.2, -0.15) is 5.10 Å². The fourth-order valence-corrected chi connectivity index (χ4v) is 4.35. The van der Waals surface area contributed by atoms with Crippen molar-refractivity contribution in [1.29, 1.82) is 0 Å². The third kappa shape index (κ3) is 4.25. The van der Waals surface area contributed by atoms with Crippen molar-refractivity contribution >= 4 is 22.9 Å². The fraction of sp³-hybridized carbons (Fsp3) is 0.348. The van der Waals surface area contributed by atoms with E-state index in [4.69, 9.17) is 4.74 Å². The second-order valence-electron chi connectivity index (χ2n) is 8.24. The van der Waals surface area contributed by atoms with Gasteiger partial charge in [-0.1, -0.05) is 30.3 Å². The number of aromatic nitrogens is 2. The van der Waals surface area contributed by atoms with Crippen molar-refractivity contribution in [1.82, 2.24) is 25.3 Å². The Hall–Kier alpha value is -3.39. The standard InChI is InChI=1S/C23H25N5O3/c29-22(28-14-17-8-10-27(15-28)11-9-17)21-19-12-18(6-7-20(19)25-26-21)31-23(30)24-13-16-4-2-1-3-5-16/h1-7,12,17H,8-11,13-15H2,(H,24,30)(H,25,26). The quantitative estimate of drug-likeness (QED) is 0.679. The molecule has 3 fully saturated rings. The molecule has 2 amide bonds. The zero-order chi connectivity index (χ0) is 21.2. The molecule has 8 nitrogen and oxygen atoms in total. The van der Waals surface area contributed by atoms with Gasteiger partial charge in [0.25, 0.3) is 5.91 Å². The van der Waals surface area contributed by atoms with Gasteiger partial charge in [0.15, 0.2) is 5.69 Å². The van der Waals surface area contributed by atoms with Gasteiger partial charge in [0.05, 0.1) is 12.2 Å². The summed E-state index contributed by atoms with van der Waals surface area (Å²) in [7, 11) is 0. The van der Waals surface area contributed by atoms with Crippen molar-refractivity contribution in [3.8, 4) is 5.75 Å². The third-order valence-electron chi connectivity index (χ3n) is 6.07. The number of H-pyrrole nitrogens is 1. The Balaban J connectivity index is 1.30. The molecule has 2 aromatic carbocycles. The number of amides is 2. The second-order valence-corrected chi connectivity index (χ2v) is 8.24. The molecule has 0 spiro atoms. The maximum absolute atomic E-state index is 13.2. The molecule has 0 aliphatic carbocycles. The SMILES string of the molecule is O=C(NCc1ccccc1)Oc1ccc2[nH]nc(C(=O)N3CC4CCN(CC4)C3)c2c1. The first-order valence-electron chi connectivity index (χ1n) is 10.6. The minimum atomic E-state index is -0.545. The summed E-state index contributed by atoms with van der Waals surface area (Å²) in [5.74, 6) is 0.837. The maximum atomic E-state index is 13.2. The van der Waals surface area contributed by atoms with E-state index in [2.05, 4.69) is 20.4 Å². The first-order valence-corrected chi connectivity index (χ1v) is 10.6. The molecule has 3 aromatic rings. The summed E-state index contributed by atoms with van der Waals surface area (Å²) < 4.78 is 5.43. The highest BCUT2D eigenvalue weighted by Crippen LogP contribution is 2.27. The molecule has 1 aromatic heterocycles. The number of aromatic amines is 1. The van der Waals surface area contributed by atoms with Crippen LogP contribution in [0, 0.1) is 5.92 Å². The van der Waals surface area contributed by atoms with E-state index in [0.29, 0.717) is 36.0 Å². The fourth-order valence-electron chi connectivity index (χ4n) is 4.35. The highest BCUT2D eigenvalue weighted by Gasteiger charge is 2.32. The van der Waals surface area contributed by atoms with Crippen LogP contribution in [0.3, 0.4) is 0 Å². The molecule has 6 rings (SSSR count). The highest BCUT2D eigenvalue weighted by molar-refractivity contribution is 6.05. The molecule has 0 atom stereocenters. The van der Waals surface area contributed by atoms with Gasteiger partial charge >= 0.3 is 6.09 Å². The number of hydrogen-bond donors (Lipinski definition) is 2. The predicted octanol–water partition coefficient (Wildman–Crippen LogP) is 2.98. The average Bonchev–Trinajstić information content (AvgIpc) is 2.97. The van der Waals surface area contributed by atoms with Crippen LogP contribution in [0.2, 0.25) is 0 Å². The van der Waals surface area contributed by atoms with E-state index in [1.165, 1.54) is 0 Å². The smallest absolute Gasteiger partial charge is 0.410 e. The number of ether oxygens (including phenoxy) is 1. The Kier molecular flexibility index (Phi) is 5.30. The number of carbonyl (C=O) groups is 2. The van der Waals surface area contributed by atoms with Crippen LogP contribution in [0.25, 0.3) is 10.9 Å². The topological polar surface area (TPSA) is 90.6 Å². The number of nitrogens with zero attached hydrogens (tertiary/aromatic N) is 3. The molecule has 0 unspecified atom stereocenters. The summed E-state index contributed by atoms with van der Waals surface area (Å²) in [6.07, 6.45) is 1.74. The minimum absolute atomic E-state index is 0.0873. The van der Waals surface area contributed by atoms with Crippen molar-refractivity contribution in [3.63, 3.8) is 0 Å². The first-order chi connectivity index (χ1) is 15.2. The molecule has 31 heavy (non-hydrogen) atoms. The summed E-state index contributed by atoms with van der Waals surface area (Å²) in [6.45, 7) is 3.88. The molecule has 8 heteroatoms. The van der Waals surface area contributed by atoms with E-state index in [-0.39, 0.29) is 5.91 Å². The second kappa shape index (κ2) is 8.39. The number of piperidine rings is 1. The van der Waals surface area contributed by atoms with Crippen LogP contribution < -0.4 is 10.1 Å². The van der Waals surface area contributed by atoms with Crippen LogP contribution in [-0.2, 0) is 6.54 Å². The maximum Gasteiger partial charge on any atom is 0.412 e. The van der Waals surface area contributed by atoms with E-state index in [1.54, 1.807) is 18.2 Å². The average molecular weight is 419 g/mol. The zero-order valence-corrected chi connectivity index (χ0v) is 17.2. The van der Waals surface area contributed by atoms with Gasteiger partial charge in [0, 0.05) is 31.6 Å². The van der Waals surface area contributed by atoms with Gasteiger partial charge in [-0.25, -0.2) is 4.79 Å². The van der Waals surface area contributed by atoms with Gasteiger partial charge in [-0.05, 0) is 42.5 Å². The number of carbonyl (C=O) groups excluding carboxylic acids is 2. The Labute approximate surface area is 180 Å². The van der Waals surface area contributed by atoms with Gasteiger partial charge in [-0.15, -0.1) is 0 Å². The molecule has 2 bridgehead atoms. The third-order valence-corrected chi connectivity index (χ3v) is 6.07. The number of fused-ring (bicyclic) bond motifs is 5. The predicted molar refractivity (Wildman–Crippen MR) is 116 cm³/mol. The number of benzene rings is 2. The number of hydrogen-bond acceptors (Lipinski definition) is 5. The molecule has 160 valence electrons. The lowest BCUT2D eigenvalue weighted by Gasteiger charge is -2.25. The normalized spacial score (nSPS) is 20.5. The Morgan fingerprint density at radius 2 is 1.94 bits per heavy atom. The van der Waals surface area contributed by atoms with Gasteiger partial charge in [-0.3, -0.25) is 14.8 Å². The summed E-state index contributed by atoms with van der Waals surface area (Å²) in [5, 5.41) is 10.6. The lowest BCUT2D eigenvalue weighted by molar-refractivity contribution is 0.0681. The zero-order valence-electron chi connectivity index (χ0n) is 17.2. The Bertz CT molecular complexity index is 1080. The lowest BCUT2D eigenvalue weighted by atomic mass is 9.98.